The highest BCUT2D eigenvalue weighted by atomic mass is 127. The Bertz CT molecular complexity index is 436. The number of halogens is 1. The fourth-order valence-corrected chi connectivity index (χ4v) is 2.15. The van der Waals surface area contributed by atoms with Crippen molar-refractivity contribution in [3.05, 3.63) is 28.1 Å². The van der Waals surface area contributed by atoms with Gasteiger partial charge in [0.25, 0.3) is 0 Å². The summed E-state index contributed by atoms with van der Waals surface area (Å²) >= 11 is 2.26. The second kappa shape index (κ2) is 4.25. The zero-order chi connectivity index (χ0) is 9.97. The molecule has 0 saturated carbocycles. The van der Waals surface area contributed by atoms with Crippen LogP contribution in [0.1, 0.15) is 25.6 Å². The van der Waals surface area contributed by atoms with Crippen LogP contribution in [0.3, 0.4) is 0 Å². The van der Waals surface area contributed by atoms with Crippen molar-refractivity contribution < 1.29 is 0 Å². The molecule has 0 unspecified atom stereocenters. The molecular formula is C10H12IN3. The highest BCUT2D eigenvalue weighted by Crippen LogP contribution is 2.15. The van der Waals surface area contributed by atoms with Crippen LogP contribution in [0, 0.1) is 3.70 Å². The van der Waals surface area contributed by atoms with Gasteiger partial charge in [-0.05, 0) is 29.0 Å². The Hall–Kier alpha value is -0.650. The number of aromatic nitrogens is 3. The van der Waals surface area contributed by atoms with Gasteiger partial charge in [-0.1, -0.05) is 13.3 Å². The number of unbranched alkanes of at least 4 members (excludes halogenated alkanes) is 1. The third kappa shape index (κ3) is 1.75. The zero-order valence-electron chi connectivity index (χ0n) is 8.07. The predicted molar refractivity (Wildman–Crippen MR) is 64.3 cm³/mol. The van der Waals surface area contributed by atoms with Gasteiger partial charge in [-0.25, -0.2) is 4.98 Å². The first-order valence-electron chi connectivity index (χ1n) is 4.79. The van der Waals surface area contributed by atoms with Crippen LogP contribution < -0.4 is 0 Å². The summed E-state index contributed by atoms with van der Waals surface area (Å²) in [6, 6.07) is 0. The Balaban J connectivity index is 2.44. The molecule has 14 heavy (non-hydrogen) atoms. The molecule has 2 heterocycles. The summed E-state index contributed by atoms with van der Waals surface area (Å²) in [7, 11) is 0. The fraction of sp³-hybridized carbons (Fsp3) is 0.400. The average molecular weight is 301 g/mol. The second-order valence-corrected chi connectivity index (χ2v) is 4.28. The predicted octanol–water partition coefficient (Wildman–Crippen LogP) is 2.68. The Kier molecular flexibility index (Phi) is 3.00. The van der Waals surface area contributed by atoms with Gasteiger partial charge in [-0.15, -0.1) is 0 Å². The molecule has 0 bridgehead atoms. The third-order valence-corrected chi connectivity index (χ3v) is 3.02. The Labute approximate surface area is 96.7 Å². The van der Waals surface area contributed by atoms with E-state index in [0.29, 0.717) is 0 Å². The lowest BCUT2D eigenvalue weighted by Crippen LogP contribution is -1.94. The number of hydrogen-bond donors (Lipinski definition) is 0. The van der Waals surface area contributed by atoms with Crippen LogP contribution in [0.25, 0.3) is 5.52 Å². The van der Waals surface area contributed by atoms with E-state index in [4.69, 9.17) is 0 Å². The van der Waals surface area contributed by atoms with Crippen molar-refractivity contribution in [1.82, 2.24) is 14.4 Å². The number of nitrogens with zero attached hydrogens (tertiary/aromatic N) is 3. The molecule has 0 spiro atoms. The van der Waals surface area contributed by atoms with Crippen LogP contribution in [-0.2, 0) is 6.42 Å². The maximum absolute atomic E-state index is 4.54. The molecule has 0 radical (unpaired) electrons. The van der Waals surface area contributed by atoms with Crippen molar-refractivity contribution in [1.29, 1.82) is 0 Å². The van der Waals surface area contributed by atoms with E-state index in [2.05, 4.69) is 43.9 Å². The van der Waals surface area contributed by atoms with E-state index in [1.54, 1.807) is 6.20 Å². The van der Waals surface area contributed by atoms with Gasteiger partial charge in [-0.3, -0.25) is 9.38 Å². The molecule has 0 amide bonds. The first-order chi connectivity index (χ1) is 6.83. The summed E-state index contributed by atoms with van der Waals surface area (Å²) in [6.07, 6.45) is 9.10. The summed E-state index contributed by atoms with van der Waals surface area (Å²) in [6.45, 7) is 2.20. The first kappa shape index (κ1) is 9.89. The van der Waals surface area contributed by atoms with Crippen LogP contribution in [0.15, 0.2) is 18.6 Å². The fourth-order valence-electron chi connectivity index (χ4n) is 1.47. The van der Waals surface area contributed by atoms with Crippen LogP contribution in [-0.4, -0.2) is 14.4 Å². The van der Waals surface area contributed by atoms with Crippen molar-refractivity contribution >= 4 is 28.1 Å². The number of hydrogen-bond acceptors (Lipinski definition) is 2. The minimum atomic E-state index is 1.04. The van der Waals surface area contributed by atoms with Gasteiger partial charge in [0.2, 0.25) is 0 Å². The van der Waals surface area contributed by atoms with Crippen molar-refractivity contribution in [2.24, 2.45) is 0 Å². The molecule has 0 saturated heterocycles. The smallest absolute Gasteiger partial charge is 0.129 e. The molecule has 0 atom stereocenters. The first-order valence-corrected chi connectivity index (χ1v) is 5.87. The third-order valence-electron chi connectivity index (χ3n) is 2.23. The van der Waals surface area contributed by atoms with E-state index in [1.165, 1.54) is 12.8 Å². The highest BCUT2D eigenvalue weighted by Gasteiger charge is 2.07. The summed E-state index contributed by atoms with van der Waals surface area (Å²) in [4.78, 5) is 8.64. The van der Waals surface area contributed by atoms with Crippen molar-refractivity contribution in [2.45, 2.75) is 26.2 Å². The normalized spacial score (nSPS) is 11.0. The molecule has 4 heteroatoms. The maximum atomic E-state index is 4.54. The van der Waals surface area contributed by atoms with Gasteiger partial charge >= 0.3 is 0 Å². The van der Waals surface area contributed by atoms with Gasteiger partial charge in [0.15, 0.2) is 0 Å². The Morgan fingerprint density at radius 2 is 2.36 bits per heavy atom. The number of aryl methyl sites for hydroxylation is 1. The lowest BCUT2D eigenvalue weighted by atomic mass is 10.2. The lowest BCUT2D eigenvalue weighted by molar-refractivity contribution is 0.748. The lowest BCUT2D eigenvalue weighted by Gasteiger charge is -1.98. The molecule has 0 aliphatic rings. The molecule has 2 rings (SSSR count). The number of imidazole rings is 1. The molecule has 0 aromatic carbocycles. The number of rotatable bonds is 3. The van der Waals surface area contributed by atoms with Gasteiger partial charge < -0.3 is 0 Å². The average Bonchev–Trinajstić information content (AvgIpc) is 2.54. The van der Waals surface area contributed by atoms with E-state index in [9.17, 15) is 0 Å². The molecule has 2 aromatic heterocycles. The second-order valence-electron chi connectivity index (χ2n) is 3.25. The molecule has 0 fully saturated rings. The molecule has 3 nitrogen and oxygen atoms in total. The highest BCUT2D eigenvalue weighted by molar-refractivity contribution is 14.1. The topological polar surface area (TPSA) is 30.2 Å². The van der Waals surface area contributed by atoms with Crippen molar-refractivity contribution in [3.63, 3.8) is 0 Å². The Morgan fingerprint density at radius 3 is 3.14 bits per heavy atom. The largest absolute Gasteiger partial charge is 0.300 e. The van der Waals surface area contributed by atoms with Gasteiger partial charge in [0.05, 0.1) is 11.7 Å². The van der Waals surface area contributed by atoms with Crippen LogP contribution >= 0.6 is 22.6 Å². The number of fused-ring (bicyclic) bond motifs is 1. The molecule has 0 aliphatic heterocycles. The maximum Gasteiger partial charge on any atom is 0.129 e. The minimum Gasteiger partial charge on any atom is -0.300 e. The van der Waals surface area contributed by atoms with Gasteiger partial charge in [0.1, 0.15) is 9.53 Å². The van der Waals surface area contributed by atoms with E-state index < -0.39 is 0 Å². The minimum absolute atomic E-state index is 1.04. The van der Waals surface area contributed by atoms with Gasteiger partial charge in [-0.2, -0.15) is 0 Å². The SMILES string of the molecule is CCCCc1nc(I)c2cnccn12. The van der Waals surface area contributed by atoms with E-state index in [1.807, 2.05) is 12.4 Å². The van der Waals surface area contributed by atoms with E-state index >= 15 is 0 Å². The summed E-state index contributed by atoms with van der Waals surface area (Å²) in [5, 5.41) is 0. The summed E-state index contributed by atoms with van der Waals surface area (Å²) in [5.74, 6) is 1.15. The monoisotopic (exact) mass is 301 g/mol. The molecule has 74 valence electrons. The van der Waals surface area contributed by atoms with E-state index in [-0.39, 0.29) is 0 Å². The molecule has 0 N–H and O–H groups in total. The Morgan fingerprint density at radius 1 is 1.50 bits per heavy atom. The van der Waals surface area contributed by atoms with Crippen molar-refractivity contribution in [3.8, 4) is 0 Å². The quantitative estimate of drug-likeness (QED) is 0.816. The molecular weight excluding hydrogens is 289 g/mol. The zero-order valence-corrected chi connectivity index (χ0v) is 10.2. The van der Waals surface area contributed by atoms with Crippen LogP contribution in [0.4, 0.5) is 0 Å². The van der Waals surface area contributed by atoms with E-state index in [0.717, 1.165) is 21.5 Å². The molecule has 2 aromatic rings. The van der Waals surface area contributed by atoms with Crippen molar-refractivity contribution in [2.75, 3.05) is 0 Å². The van der Waals surface area contributed by atoms with Crippen LogP contribution in [0.2, 0.25) is 0 Å². The van der Waals surface area contributed by atoms with Crippen LogP contribution in [0.5, 0.6) is 0 Å². The standard InChI is InChI=1S/C10H12IN3/c1-2-3-4-9-13-10(11)8-7-12-5-6-14(8)9/h5-7H,2-4H2,1H3. The molecule has 0 aliphatic carbocycles. The summed E-state index contributed by atoms with van der Waals surface area (Å²) in [5.41, 5.74) is 1.11. The van der Waals surface area contributed by atoms with Gasteiger partial charge in [0, 0.05) is 18.8 Å². The summed E-state index contributed by atoms with van der Waals surface area (Å²) < 4.78 is 3.17.